The first-order valence-electron chi connectivity index (χ1n) is 9.22. The SMILES string of the molecule is Cc1cc(C)n(-c2cc(Oc3ccc(NC(=O)c4cn(C)nn4)cc3)nc(C)n2)n1. The van der Waals surface area contributed by atoms with Gasteiger partial charge in [0.25, 0.3) is 5.91 Å². The van der Waals surface area contributed by atoms with Crippen LogP contribution in [-0.4, -0.2) is 40.6 Å². The van der Waals surface area contributed by atoms with Crippen LogP contribution in [0.15, 0.2) is 42.6 Å². The molecule has 0 unspecified atom stereocenters. The molecule has 0 aliphatic rings. The van der Waals surface area contributed by atoms with E-state index in [-0.39, 0.29) is 11.6 Å². The smallest absolute Gasteiger partial charge is 0.277 e. The van der Waals surface area contributed by atoms with Crippen LogP contribution in [0.3, 0.4) is 0 Å². The van der Waals surface area contributed by atoms with Crippen molar-refractivity contribution in [2.24, 2.45) is 7.05 Å². The highest BCUT2D eigenvalue weighted by molar-refractivity contribution is 6.02. The Morgan fingerprint density at radius 1 is 1.07 bits per heavy atom. The van der Waals surface area contributed by atoms with E-state index in [2.05, 4.69) is 30.7 Å². The van der Waals surface area contributed by atoms with Crippen LogP contribution in [0.2, 0.25) is 0 Å². The largest absolute Gasteiger partial charge is 0.439 e. The minimum absolute atomic E-state index is 0.242. The Kier molecular flexibility index (Phi) is 4.97. The van der Waals surface area contributed by atoms with Gasteiger partial charge in [0.1, 0.15) is 11.6 Å². The van der Waals surface area contributed by atoms with Crippen LogP contribution in [0.25, 0.3) is 5.82 Å². The quantitative estimate of drug-likeness (QED) is 0.544. The zero-order chi connectivity index (χ0) is 21.3. The summed E-state index contributed by atoms with van der Waals surface area (Å²) < 4.78 is 9.11. The van der Waals surface area contributed by atoms with Gasteiger partial charge < -0.3 is 10.1 Å². The van der Waals surface area contributed by atoms with Crippen molar-refractivity contribution in [1.82, 2.24) is 34.7 Å². The number of amides is 1. The predicted molar refractivity (Wildman–Crippen MR) is 109 cm³/mol. The van der Waals surface area contributed by atoms with Gasteiger partial charge in [0.15, 0.2) is 11.5 Å². The minimum Gasteiger partial charge on any atom is -0.439 e. The molecule has 0 fully saturated rings. The van der Waals surface area contributed by atoms with E-state index >= 15 is 0 Å². The van der Waals surface area contributed by atoms with E-state index in [4.69, 9.17) is 4.74 Å². The molecule has 0 saturated carbocycles. The van der Waals surface area contributed by atoms with E-state index in [9.17, 15) is 4.79 Å². The van der Waals surface area contributed by atoms with Gasteiger partial charge in [-0.1, -0.05) is 5.21 Å². The van der Waals surface area contributed by atoms with Crippen molar-refractivity contribution in [2.45, 2.75) is 20.8 Å². The van der Waals surface area contributed by atoms with Gasteiger partial charge in [-0.3, -0.25) is 9.48 Å². The summed E-state index contributed by atoms with van der Waals surface area (Å²) in [7, 11) is 1.70. The van der Waals surface area contributed by atoms with Gasteiger partial charge in [-0.25, -0.2) is 9.67 Å². The summed E-state index contributed by atoms with van der Waals surface area (Å²) >= 11 is 0. The van der Waals surface area contributed by atoms with Crippen LogP contribution >= 0.6 is 0 Å². The number of nitrogens with one attached hydrogen (secondary N) is 1. The van der Waals surface area contributed by atoms with Gasteiger partial charge in [0.05, 0.1) is 11.9 Å². The number of aryl methyl sites for hydroxylation is 4. The van der Waals surface area contributed by atoms with Crippen molar-refractivity contribution in [3.05, 3.63) is 65.5 Å². The van der Waals surface area contributed by atoms with Crippen LogP contribution in [0.1, 0.15) is 27.7 Å². The number of hydrogen-bond acceptors (Lipinski definition) is 7. The summed E-state index contributed by atoms with van der Waals surface area (Å²) in [5, 5.41) is 14.8. The lowest BCUT2D eigenvalue weighted by molar-refractivity contribution is 0.102. The summed E-state index contributed by atoms with van der Waals surface area (Å²) in [5.41, 5.74) is 2.73. The topological polar surface area (TPSA) is 113 Å². The van der Waals surface area contributed by atoms with Crippen molar-refractivity contribution >= 4 is 11.6 Å². The molecular formula is C20H20N8O2. The third-order valence-electron chi connectivity index (χ3n) is 4.20. The van der Waals surface area contributed by atoms with Gasteiger partial charge in [0, 0.05) is 24.5 Å². The molecular weight excluding hydrogens is 384 g/mol. The summed E-state index contributed by atoms with van der Waals surface area (Å²) in [5.74, 6) is 1.85. The zero-order valence-corrected chi connectivity index (χ0v) is 17.0. The average Bonchev–Trinajstić information content (AvgIpc) is 3.27. The average molecular weight is 404 g/mol. The van der Waals surface area contributed by atoms with Gasteiger partial charge in [-0.05, 0) is 51.1 Å². The number of anilines is 1. The second kappa shape index (κ2) is 7.74. The number of hydrogen-bond donors (Lipinski definition) is 1. The molecule has 4 aromatic rings. The van der Waals surface area contributed by atoms with Crippen LogP contribution < -0.4 is 10.1 Å². The Labute approximate surface area is 172 Å². The molecule has 3 heterocycles. The van der Waals surface area contributed by atoms with Crippen LogP contribution in [0, 0.1) is 20.8 Å². The maximum atomic E-state index is 12.2. The van der Waals surface area contributed by atoms with E-state index in [1.54, 1.807) is 55.2 Å². The van der Waals surface area contributed by atoms with E-state index in [1.165, 1.54) is 4.68 Å². The number of aromatic nitrogens is 7. The molecule has 3 aromatic heterocycles. The molecule has 4 rings (SSSR count). The molecule has 10 nitrogen and oxygen atoms in total. The van der Waals surface area contributed by atoms with Crippen LogP contribution in [0.5, 0.6) is 11.6 Å². The zero-order valence-electron chi connectivity index (χ0n) is 17.0. The van der Waals surface area contributed by atoms with Gasteiger partial charge in [-0.15, -0.1) is 5.10 Å². The fraction of sp³-hybridized carbons (Fsp3) is 0.200. The molecule has 1 N–H and O–H groups in total. The van der Waals surface area contributed by atoms with Gasteiger partial charge in [-0.2, -0.15) is 10.1 Å². The second-order valence-electron chi connectivity index (χ2n) is 6.81. The van der Waals surface area contributed by atoms with Gasteiger partial charge in [0.2, 0.25) is 5.88 Å². The molecule has 1 amide bonds. The Bertz CT molecular complexity index is 1210. The molecule has 0 saturated heterocycles. The Morgan fingerprint density at radius 2 is 1.83 bits per heavy atom. The van der Waals surface area contributed by atoms with Crippen molar-refractivity contribution in [2.75, 3.05) is 5.32 Å². The Hall–Kier alpha value is -4.08. The molecule has 152 valence electrons. The van der Waals surface area contributed by atoms with Crippen molar-refractivity contribution < 1.29 is 9.53 Å². The number of benzene rings is 1. The van der Waals surface area contributed by atoms with Crippen LogP contribution in [-0.2, 0) is 7.05 Å². The molecule has 0 atom stereocenters. The number of nitrogens with zero attached hydrogens (tertiary/aromatic N) is 7. The lowest BCUT2D eigenvalue weighted by atomic mass is 10.3. The lowest BCUT2D eigenvalue weighted by Crippen LogP contribution is -2.12. The fourth-order valence-electron chi connectivity index (χ4n) is 2.92. The van der Waals surface area contributed by atoms with Crippen molar-refractivity contribution in [3.8, 4) is 17.4 Å². The molecule has 0 spiro atoms. The summed E-state index contributed by atoms with van der Waals surface area (Å²) in [6.07, 6.45) is 1.55. The molecule has 0 aliphatic heterocycles. The van der Waals surface area contributed by atoms with E-state index < -0.39 is 0 Å². The first-order chi connectivity index (χ1) is 14.4. The number of rotatable bonds is 5. The third kappa shape index (κ3) is 4.17. The normalized spacial score (nSPS) is 10.8. The third-order valence-corrected chi connectivity index (χ3v) is 4.20. The van der Waals surface area contributed by atoms with E-state index in [1.807, 2.05) is 19.9 Å². The van der Waals surface area contributed by atoms with Crippen molar-refractivity contribution in [1.29, 1.82) is 0 Å². The van der Waals surface area contributed by atoms with E-state index in [0.29, 0.717) is 29.0 Å². The minimum atomic E-state index is -0.335. The first kappa shape index (κ1) is 19.2. The highest BCUT2D eigenvalue weighted by Crippen LogP contribution is 2.23. The second-order valence-corrected chi connectivity index (χ2v) is 6.81. The molecule has 0 aliphatic carbocycles. The predicted octanol–water partition coefficient (Wildman–Crippen LogP) is 2.76. The molecule has 10 heteroatoms. The summed E-state index contributed by atoms with van der Waals surface area (Å²) in [6, 6.07) is 10.7. The molecule has 0 bridgehead atoms. The number of ether oxygens (including phenoxy) is 1. The first-order valence-corrected chi connectivity index (χ1v) is 9.22. The number of carbonyl (C=O) groups excluding carboxylic acids is 1. The van der Waals surface area contributed by atoms with Crippen LogP contribution in [0.4, 0.5) is 5.69 Å². The lowest BCUT2D eigenvalue weighted by Gasteiger charge is -2.10. The number of carbonyl (C=O) groups is 1. The molecule has 0 radical (unpaired) electrons. The van der Waals surface area contributed by atoms with E-state index in [0.717, 1.165) is 11.4 Å². The maximum absolute atomic E-state index is 12.2. The summed E-state index contributed by atoms with van der Waals surface area (Å²) in [6.45, 7) is 5.69. The molecule has 1 aromatic carbocycles. The maximum Gasteiger partial charge on any atom is 0.277 e. The standard InChI is InChI=1S/C20H20N8O2/c1-12-9-13(2)28(25-12)18-10-19(22-14(3)21-18)30-16-7-5-15(6-8-16)23-20(29)17-11-27(4)26-24-17/h5-11H,1-4H3,(H,23,29). The van der Waals surface area contributed by atoms with Gasteiger partial charge >= 0.3 is 0 Å². The highest BCUT2D eigenvalue weighted by atomic mass is 16.5. The fourth-order valence-corrected chi connectivity index (χ4v) is 2.92. The Morgan fingerprint density at radius 3 is 2.47 bits per heavy atom. The highest BCUT2D eigenvalue weighted by Gasteiger charge is 2.12. The molecule has 30 heavy (non-hydrogen) atoms. The monoisotopic (exact) mass is 404 g/mol. The van der Waals surface area contributed by atoms with Crippen molar-refractivity contribution in [3.63, 3.8) is 0 Å². The Balaban J connectivity index is 1.49. The summed E-state index contributed by atoms with van der Waals surface area (Å²) in [4.78, 5) is 20.9.